The number of carbonyl (C=O) groups excluding carboxylic acids is 1. The maximum absolute atomic E-state index is 12.3. The van der Waals surface area contributed by atoms with Gasteiger partial charge in [0.25, 0.3) is 0 Å². The van der Waals surface area contributed by atoms with Crippen molar-refractivity contribution in [2.24, 2.45) is 11.7 Å². The van der Waals surface area contributed by atoms with Crippen molar-refractivity contribution >= 4 is 21.8 Å². The average Bonchev–Trinajstić information content (AvgIpc) is 2.42. The molecule has 1 aromatic rings. The highest BCUT2D eigenvalue weighted by molar-refractivity contribution is 9.10. The normalized spacial score (nSPS) is 19.5. The van der Waals surface area contributed by atoms with E-state index in [9.17, 15) is 4.79 Å². The molecule has 0 aromatic heterocycles. The predicted octanol–water partition coefficient (Wildman–Crippen LogP) is 2.58. The van der Waals surface area contributed by atoms with Gasteiger partial charge in [-0.1, -0.05) is 34.1 Å². The Morgan fingerprint density at radius 1 is 1.42 bits per heavy atom. The molecule has 2 rings (SSSR count). The van der Waals surface area contributed by atoms with Crippen LogP contribution in [-0.2, 0) is 11.2 Å². The number of hydrogen-bond donors (Lipinski definition) is 1. The Morgan fingerprint density at radius 3 is 2.95 bits per heavy atom. The number of benzene rings is 1. The highest BCUT2D eigenvalue weighted by Crippen LogP contribution is 2.21. The number of carbonyl (C=O) groups is 1. The number of amides is 1. The van der Waals surface area contributed by atoms with E-state index in [2.05, 4.69) is 15.9 Å². The maximum Gasteiger partial charge on any atom is 0.227 e. The first-order valence-corrected chi connectivity index (χ1v) is 7.71. The van der Waals surface area contributed by atoms with E-state index < -0.39 is 0 Å². The first-order chi connectivity index (χ1) is 9.20. The minimum atomic E-state index is 0.230. The fourth-order valence-corrected chi connectivity index (χ4v) is 3.10. The largest absolute Gasteiger partial charge is 0.342 e. The van der Waals surface area contributed by atoms with Crippen LogP contribution in [0.1, 0.15) is 24.8 Å². The zero-order valence-electron chi connectivity index (χ0n) is 11.1. The molecule has 1 saturated heterocycles. The zero-order valence-corrected chi connectivity index (χ0v) is 12.7. The quantitative estimate of drug-likeness (QED) is 0.925. The van der Waals surface area contributed by atoms with Gasteiger partial charge in [-0.2, -0.15) is 0 Å². The predicted molar refractivity (Wildman–Crippen MR) is 80.8 cm³/mol. The topological polar surface area (TPSA) is 46.3 Å². The van der Waals surface area contributed by atoms with Gasteiger partial charge in [0.15, 0.2) is 0 Å². The second-order valence-electron chi connectivity index (χ2n) is 5.19. The molecular weight excluding hydrogens is 304 g/mol. The summed E-state index contributed by atoms with van der Waals surface area (Å²) in [5.74, 6) is 0.815. The minimum Gasteiger partial charge on any atom is -0.342 e. The highest BCUT2D eigenvalue weighted by Gasteiger charge is 2.23. The summed E-state index contributed by atoms with van der Waals surface area (Å²) >= 11 is 3.50. The molecule has 0 bridgehead atoms. The van der Waals surface area contributed by atoms with Gasteiger partial charge in [0, 0.05) is 17.6 Å². The molecule has 1 aromatic carbocycles. The van der Waals surface area contributed by atoms with Crippen molar-refractivity contribution < 1.29 is 4.79 Å². The summed E-state index contributed by atoms with van der Waals surface area (Å²) in [5, 5.41) is 0. The van der Waals surface area contributed by atoms with Gasteiger partial charge in [-0.3, -0.25) is 4.79 Å². The number of piperidine rings is 1. The summed E-state index contributed by atoms with van der Waals surface area (Å²) in [7, 11) is 0. The molecule has 1 amide bonds. The molecule has 3 nitrogen and oxygen atoms in total. The van der Waals surface area contributed by atoms with Crippen LogP contribution in [0.5, 0.6) is 0 Å². The molecule has 1 unspecified atom stereocenters. The lowest BCUT2D eigenvalue weighted by Gasteiger charge is -2.32. The van der Waals surface area contributed by atoms with Crippen LogP contribution >= 0.6 is 15.9 Å². The van der Waals surface area contributed by atoms with Crippen molar-refractivity contribution in [2.75, 3.05) is 19.6 Å². The van der Waals surface area contributed by atoms with Crippen molar-refractivity contribution in [1.29, 1.82) is 0 Å². The van der Waals surface area contributed by atoms with Crippen molar-refractivity contribution in [3.8, 4) is 0 Å². The van der Waals surface area contributed by atoms with Gasteiger partial charge in [0.2, 0.25) is 5.91 Å². The van der Waals surface area contributed by atoms with Crippen LogP contribution in [0.2, 0.25) is 0 Å². The van der Waals surface area contributed by atoms with Crippen LogP contribution in [0.15, 0.2) is 28.7 Å². The third-order valence-electron chi connectivity index (χ3n) is 3.75. The fraction of sp³-hybridized carbons (Fsp3) is 0.533. The Bertz CT molecular complexity index is 434. The summed E-state index contributed by atoms with van der Waals surface area (Å²) in [6.07, 6.45) is 3.82. The molecule has 1 fully saturated rings. The van der Waals surface area contributed by atoms with Crippen LogP contribution < -0.4 is 5.73 Å². The molecular formula is C15H21BrN2O. The molecule has 104 valence electrons. The third-order valence-corrected chi connectivity index (χ3v) is 4.52. The Kier molecular flexibility index (Phi) is 5.40. The van der Waals surface area contributed by atoms with Crippen LogP contribution in [0, 0.1) is 5.92 Å². The van der Waals surface area contributed by atoms with Gasteiger partial charge in [-0.25, -0.2) is 0 Å². The van der Waals surface area contributed by atoms with Crippen LogP contribution in [0.3, 0.4) is 0 Å². The summed E-state index contributed by atoms with van der Waals surface area (Å²) in [4.78, 5) is 14.3. The summed E-state index contributed by atoms with van der Waals surface area (Å²) in [6, 6.07) is 7.93. The van der Waals surface area contributed by atoms with E-state index in [1.165, 1.54) is 6.42 Å². The van der Waals surface area contributed by atoms with E-state index in [1.807, 2.05) is 29.2 Å². The summed E-state index contributed by atoms with van der Waals surface area (Å²) in [5.41, 5.74) is 6.68. The lowest BCUT2D eigenvalue weighted by molar-refractivity contribution is -0.132. The van der Waals surface area contributed by atoms with Crippen molar-refractivity contribution in [3.63, 3.8) is 0 Å². The second kappa shape index (κ2) is 7.06. The molecule has 1 heterocycles. The van der Waals surface area contributed by atoms with Crippen molar-refractivity contribution in [2.45, 2.75) is 25.7 Å². The standard InChI is InChI=1S/C15H21BrN2O/c16-14-6-2-1-5-13(14)10-15(19)18-9-3-4-12(11-18)7-8-17/h1-2,5-6,12H,3-4,7-11,17H2. The smallest absolute Gasteiger partial charge is 0.227 e. The van der Waals surface area contributed by atoms with Gasteiger partial charge in [0.05, 0.1) is 6.42 Å². The van der Waals surface area contributed by atoms with E-state index in [0.29, 0.717) is 12.3 Å². The van der Waals surface area contributed by atoms with Gasteiger partial charge >= 0.3 is 0 Å². The van der Waals surface area contributed by atoms with Gasteiger partial charge in [-0.15, -0.1) is 0 Å². The van der Waals surface area contributed by atoms with Crippen LogP contribution in [0.4, 0.5) is 0 Å². The maximum atomic E-state index is 12.3. The van der Waals surface area contributed by atoms with E-state index in [1.54, 1.807) is 0 Å². The van der Waals surface area contributed by atoms with E-state index in [-0.39, 0.29) is 5.91 Å². The highest BCUT2D eigenvalue weighted by atomic mass is 79.9. The molecule has 0 radical (unpaired) electrons. The van der Waals surface area contributed by atoms with E-state index in [4.69, 9.17) is 5.73 Å². The van der Waals surface area contributed by atoms with Gasteiger partial charge < -0.3 is 10.6 Å². The van der Waals surface area contributed by atoms with E-state index in [0.717, 1.165) is 42.5 Å². The Hall–Kier alpha value is -0.870. The fourth-order valence-electron chi connectivity index (χ4n) is 2.68. The van der Waals surface area contributed by atoms with Gasteiger partial charge in [-0.05, 0) is 43.4 Å². The van der Waals surface area contributed by atoms with Crippen LogP contribution in [-0.4, -0.2) is 30.4 Å². The first-order valence-electron chi connectivity index (χ1n) is 6.92. The zero-order chi connectivity index (χ0) is 13.7. The van der Waals surface area contributed by atoms with Crippen molar-refractivity contribution in [3.05, 3.63) is 34.3 Å². The summed E-state index contributed by atoms with van der Waals surface area (Å²) < 4.78 is 1.01. The van der Waals surface area contributed by atoms with Crippen molar-refractivity contribution in [1.82, 2.24) is 4.90 Å². The summed E-state index contributed by atoms with van der Waals surface area (Å²) in [6.45, 7) is 2.49. The monoisotopic (exact) mass is 324 g/mol. The third kappa shape index (κ3) is 4.05. The number of likely N-dealkylation sites (tertiary alicyclic amines) is 1. The molecule has 1 aliphatic heterocycles. The van der Waals surface area contributed by atoms with Gasteiger partial charge in [0.1, 0.15) is 0 Å². The van der Waals surface area contributed by atoms with Crippen LogP contribution in [0.25, 0.3) is 0 Å². The SMILES string of the molecule is NCCC1CCCN(C(=O)Cc2ccccc2Br)C1. The number of nitrogens with two attached hydrogens (primary N) is 1. The second-order valence-corrected chi connectivity index (χ2v) is 6.05. The minimum absolute atomic E-state index is 0.230. The molecule has 4 heteroatoms. The number of halogens is 1. The molecule has 1 aliphatic rings. The molecule has 0 aliphatic carbocycles. The van der Waals surface area contributed by atoms with E-state index >= 15 is 0 Å². The lowest BCUT2D eigenvalue weighted by Crippen LogP contribution is -2.41. The Labute approximate surface area is 123 Å². The number of hydrogen-bond acceptors (Lipinski definition) is 2. The number of nitrogens with zero attached hydrogens (tertiary/aromatic N) is 1. The molecule has 2 N–H and O–H groups in total. The number of rotatable bonds is 4. The lowest BCUT2D eigenvalue weighted by atomic mass is 9.94. The Morgan fingerprint density at radius 2 is 2.21 bits per heavy atom. The molecule has 0 saturated carbocycles. The Balaban J connectivity index is 1.94. The molecule has 19 heavy (non-hydrogen) atoms. The average molecular weight is 325 g/mol. The first kappa shape index (κ1) is 14.5. The molecule has 0 spiro atoms. The molecule has 1 atom stereocenters.